The zero-order valence-electron chi connectivity index (χ0n) is 13.8. The Morgan fingerprint density at radius 1 is 1.17 bits per heavy atom. The molecule has 1 heterocycles. The first-order chi connectivity index (χ1) is 11.2. The third kappa shape index (κ3) is 3.39. The number of carbonyl (C=O) groups is 1. The lowest BCUT2D eigenvalue weighted by Gasteiger charge is -2.33. The van der Waals surface area contributed by atoms with Crippen molar-refractivity contribution in [3.8, 4) is 0 Å². The van der Waals surface area contributed by atoms with Crippen molar-refractivity contribution in [2.75, 3.05) is 18.1 Å². The number of fused-ring (bicyclic) bond motifs is 1. The summed E-state index contributed by atoms with van der Waals surface area (Å²) in [6, 6.07) is 14.6. The van der Waals surface area contributed by atoms with Gasteiger partial charge in [-0.3, -0.25) is 0 Å². The molecule has 0 aromatic heterocycles. The molecule has 2 aromatic carbocycles. The lowest BCUT2D eigenvalue weighted by Crippen LogP contribution is -2.31. The molecule has 0 amide bonds. The van der Waals surface area contributed by atoms with Gasteiger partial charge in [0.05, 0.1) is 17.9 Å². The molecular formula is C20H23NO2. The number of esters is 1. The van der Waals surface area contributed by atoms with Crippen molar-refractivity contribution in [3.63, 3.8) is 0 Å². The van der Waals surface area contributed by atoms with Crippen LogP contribution < -0.4 is 4.90 Å². The summed E-state index contributed by atoms with van der Waals surface area (Å²) in [5.74, 6) is -0.222. The summed E-state index contributed by atoms with van der Waals surface area (Å²) in [5, 5.41) is 0. The number of rotatable bonds is 4. The highest BCUT2D eigenvalue weighted by Gasteiger charge is 2.24. The van der Waals surface area contributed by atoms with Gasteiger partial charge in [0.2, 0.25) is 0 Å². The van der Waals surface area contributed by atoms with Crippen molar-refractivity contribution in [2.45, 2.75) is 33.2 Å². The Morgan fingerprint density at radius 2 is 1.96 bits per heavy atom. The van der Waals surface area contributed by atoms with E-state index >= 15 is 0 Å². The highest BCUT2D eigenvalue weighted by molar-refractivity contribution is 5.97. The monoisotopic (exact) mass is 309 g/mol. The number of hydrogen-bond acceptors (Lipinski definition) is 3. The molecule has 0 saturated heterocycles. The maximum Gasteiger partial charge on any atom is 0.340 e. The number of benzene rings is 2. The number of para-hydroxylation sites is 1. The van der Waals surface area contributed by atoms with Gasteiger partial charge in [0, 0.05) is 13.1 Å². The van der Waals surface area contributed by atoms with Crippen LogP contribution in [0, 0.1) is 6.92 Å². The van der Waals surface area contributed by atoms with Crippen LogP contribution in [0.1, 0.15) is 40.4 Å². The maximum atomic E-state index is 12.3. The molecule has 0 saturated carbocycles. The van der Waals surface area contributed by atoms with Gasteiger partial charge in [-0.05, 0) is 43.9 Å². The molecule has 3 heteroatoms. The van der Waals surface area contributed by atoms with Crippen molar-refractivity contribution < 1.29 is 9.53 Å². The van der Waals surface area contributed by atoms with Crippen LogP contribution >= 0.6 is 0 Å². The van der Waals surface area contributed by atoms with Crippen LogP contribution in [0.4, 0.5) is 5.69 Å². The maximum absolute atomic E-state index is 12.3. The van der Waals surface area contributed by atoms with Crippen LogP contribution in [0.15, 0.2) is 42.5 Å². The summed E-state index contributed by atoms with van der Waals surface area (Å²) in [6.07, 6.45) is 2.14. The summed E-state index contributed by atoms with van der Waals surface area (Å²) in [4.78, 5) is 14.6. The van der Waals surface area contributed by atoms with Gasteiger partial charge in [0.25, 0.3) is 0 Å². The van der Waals surface area contributed by atoms with Gasteiger partial charge < -0.3 is 9.64 Å². The Balaban J connectivity index is 1.93. The molecule has 1 aliphatic rings. The number of aryl methyl sites for hydroxylation is 2. The van der Waals surface area contributed by atoms with E-state index in [0.717, 1.165) is 31.6 Å². The minimum absolute atomic E-state index is 0.222. The standard InChI is InChI=1S/C20H23NO2/c1-3-23-20(22)18-8-4-6-17-7-5-13-21(19(17)18)14-16-11-9-15(2)10-12-16/h4,6,8-12H,3,5,7,13-14H2,1-2H3. The van der Waals surface area contributed by atoms with Crippen molar-refractivity contribution in [1.29, 1.82) is 0 Å². The zero-order chi connectivity index (χ0) is 16.2. The fraction of sp³-hybridized carbons (Fsp3) is 0.350. The minimum Gasteiger partial charge on any atom is -0.462 e. The summed E-state index contributed by atoms with van der Waals surface area (Å²) >= 11 is 0. The van der Waals surface area contributed by atoms with Crippen LogP contribution in [0.5, 0.6) is 0 Å². The largest absolute Gasteiger partial charge is 0.462 e. The lowest BCUT2D eigenvalue weighted by atomic mass is 9.97. The van der Waals surface area contributed by atoms with Gasteiger partial charge in [-0.15, -0.1) is 0 Å². The average molecular weight is 309 g/mol. The summed E-state index contributed by atoms with van der Waals surface area (Å²) in [5.41, 5.74) is 5.52. The molecule has 3 nitrogen and oxygen atoms in total. The predicted octanol–water partition coefficient (Wildman–Crippen LogP) is 4.12. The van der Waals surface area contributed by atoms with E-state index in [-0.39, 0.29) is 5.97 Å². The van der Waals surface area contributed by atoms with E-state index in [0.29, 0.717) is 12.2 Å². The van der Waals surface area contributed by atoms with Crippen LogP contribution in [0.3, 0.4) is 0 Å². The van der Waals surface area contributed by atoms with Crippen LogP contribution in [0.2, 0.25) is 0 Å². The van der Waals surface area contributed by atoms with Gasteiger partial charge in [-0.25, -0.2) is 4.79 Å². The van der Waals surface area contributed by atoms with Crippen molar-refractivity contribution in [2.24, 2.45) is 0 Å². The number of anilines is 1. The van der Waals surface area contributed by atoms with Gasteiger partial charge in [-0.2, -0.15) is 0 Å². The first-order valence-corrected chi connectivity index (χ1v) is 8.28. The van der Waals surface area contributed by atoms with E-state index in [4.69, 9.17) is 4.74 Å². The molecule has 3 rings (SSSR count). The quantitative estimate of drug-likeness (QED) is 0.796. The average Bonchev–Trinajstić information content (AvgIpc) is 2.57. The molecule has 23 heavy (non-hydrogen) atoms. The number of ether oxygens (including phenoxy) is 1. The van der Waals surface area contributed by atoms with Gasteiger partial charge in [0.1, 0.15) is 0 Å². The molecule has 0 bridgehead atoms. The second-order valence-corrected chi connectivity index (χ2v) is 6.04. The fourth-order valence-electron chi connectivity index (χ4n) is 3.18. The molecule has 0 aliphatic carbocycles. The Hall–Kier alpha value is -2.29. The van der Waals surface area contributed by atoms with Crippen LogP contribution in [-0.4, -0.2) is 19.1 Å². The molecule has 0 radical (unpaired) electrons. The normalized spacial score (nSPS) is 13.6. The smallest absolute Gasteiger partial charge is 0.340 e. The second-order valence-electron chi connectivity index (χ2n) is 6.04. The molecule has 1 aliphatic heterocycles. The fourth-order valence-corrected chi connectivity index (χ4v) is 3.18. The SMILES string of the molecule is CCOC(=O)c1cccc2c1N(Cc1ccc(C)cc1)CCC2. The highest BCUT2D eigenvalue weighted by atomic mass is 16.5. The van der Waals surface area contributed by atoms with E-state index in [1.807, 2.05) is 19.1 Å². The minimum atomic E-state index is -0.222. The number of hydrogen-bond donors (Lipinski definition) is 0. The molecular weight excluding hydrogens is 286 g/mol. The van der Waals surface area contributed by atoms with E-state index in [9.17, 15) is 4.79 Å². The first-order valence-electron chi connectivity index (χ1n) is 8.28. The van der Waals surface area contributed by atoms with Crippen molar-refractivity contribution in [3.05, 3.63) is 64.7 Å². The molecule has 120 valence electrons. The highest BCUT2D eigenvalue weighted by Crippen LogP contribution is 2.32. The molecule has 2 aromatic rings. The second kappa shape index (κ2) is 6.86. The van der Waals surface area contributed by atoms with E-state index < -0.39 is 0 Å². The molecule has 0 fully saturated rings. The molecule has 0 N–H and O–H groups in total. The van der Waals surface area contributed by atoms with E-state index in [2.05, 4.69) is 42.2 Å². The first kappa shape index (κ1) is 15.6. The summed E-state index contributed by atoms with van der Waals surface area (Å²) in [7, 11) is 0. The molecule has 0 spiro atoms. The van der Waals surface area contributed by atoms with Crippen LogP contribution in [-0.2, 0) is 17.7 Å². The molecule has 0 unspecified atom stereocenters. The Kier molecular flexibility index (Phi) is 4.65. The topological polar surface area (TPSA) is 29.5 Å². The van der Waals surface area contributed by atoms with E-state index in [1.54, 1.807) is 0 Å². The Bertz CT molecular complexity index is 691. The van der Waals surface area contributed by atoms with E-state index in [1.165, 1.54) is 16.7 Å². The van der Waals surface area contributed by atoms with Gasteiger partial charge in [0.15, 0.2) is 0 Å². The third-order valence-electron chi connectivity index (χ3n) is 4.30. The zero-order valence-corrected chi connectivity index (χ0v) is 13.8. The Morgan fingerprint density at radius 3 is 2.70 bits per heavy atom. The van der Waals surface area contributed by atoms with Crippen molar-refractivity contribution in [1.82, 2.24) is 0 Å². The lowest BCUT2D eigenvalue weighted by molar-refractivity contribution is 0.0527. The third-order valence-corrected chi connectivity index (χ3v) is 4.30. The van der Waals surface area contributed by atoms with Crippen LogP contribution in [0.25, 0.3) is 0 Å². The number of nitrogens with zero attached hydrogens (tertiary/aromatic N) is 1. The van der Waals surface area contributed by atoms with Gasteiger partial charge in [-0.1, -0.05) is 42.0 Å². The van der Waals surface area contributed by atoms with Crippen molar-refractivity contribution >= 4 is 11.7 Å². The van der Waals surface area contributed by atoms with Gasteiger partial charge >= 0.3 is 5.97 Å². The Labute approximate surface area is 137 Å². The predicted molar refractivity (Wildman–Crippen MR) is 92.9 cm³/mol. The number of carbonyl (C=O) groups excluding carboxylic acids is 1. The summed E-state index contributed by atoms with van der Waals surface area (Å²) in [6.45, 7) is 6.14. The molecule has 0 atom stereocenters. The summed E-state index contributed by atoms with van der Waals surface area (Å²) < 4.78 is 5.24.